The molecule has 0 aliphatic heterocycles. The van der Waals surface area contributed by atoms with Crippen molar-refractivity contribution in [2.75, 3.05) is 0 Å². The maximum atomic E-state index is 13.3. The molecule has 0 saturated carbocycles. The van der Waals surface area contributed by atoms with Gasteiger partial charge in [-0.3, -0.25) is 0 Å². The predicted octanol–water partition coefficient (Wildman–Crippen LogP) is 5.36. The van der Waals surface area contributed by atoms with Gasteiger partial charge in [0.05, 0.1) is 21.8 Å². The van der Waals surface area contributed by atoms with E-state index in [0.717, 1.165) is 0 Å². The smallest absolute Gasteiger partial charge is 0.234 e. The summed E-state index contributed by atoms with van der Waals surface area (Å²) in [4.78, 5) is 0. The van der Waals surface area contributed by atoms with Crippen LogP contribution in [0.1, 0.15) is 11.3 Å². The van der Waals surface area contributed by atoms with E-state index in [9.17, 15) is 30.7 Å². The van der Waals surface area contributed by atoms with Gasteiger partial charge in [0.15, 0.2) is 5.82 Å². The average Bonchev–Trinajstić information content (AvgIpc) is 2.68. The molecule has 2 aromatic rings. The second-order valence-corrected chi connectivity index (χ2v) is 4.87. The van der Waals surface area contributed by atoms with Crippen molar-refractivity contribution >= 4 is 23.2 Å². The maximum absolute atomic E-state index is 13.3. The zero-order valence-corrected chi connectivity index (χ0v) is 11.5. The molecule has 0 spiro atoms. The predicted molar refractivity (Wildman–Crippen MR) is 63.5 cm³/mol. The van der Waals surface area contributed by atoms with E-state index in [1.54, 1.807) is 0 Å². The average molecular weight is 367 g/mol. The molecule has 0 aliphatic carbocycles. The fourth-order valence-electron chi connectivity index (χ4n) is 1.61. The van der Waals surface area contributed by atoms with Crippen molar-refractivity contribution in [1.82, 2.24) is 9.78 Å². The summed E-state index contributed by atoms with van der Waals surface area (Å²) in [6.07, 6.45) is -9.50. The molecule has 22 heavy (non-hydrogen) atoms. The molecule has 0 fully saturated rings. The lowest BCUT2D eigenvalue weighted by atomic mass is 10.2. The maximum Gasteiger partial charge on any atom is 0.438 e. The number of nitrogens with zero attached hydrogens (tertiary/aromatic N) is 2. The minimum Gasteiger partial charge on any atom is -0.234 e. The summed E-state index contributed by atoms with van der Waals surface area (Å²) in [6, 6.07) is 0.908. The van der Waals surface area contributed by atoms with Gasteiger partial charge in [-0.05, 0) is 12.1 Å². The van der Waals surface area contributed by atoms with Gasteiger partial charge in [-0.1, -0.05) is 23.2 Å². The van der Waals surface area contributed by atoms with E-state index in [-0.39, 0.29) is 0 Å². The van der Waals surface area contributed by atoms with Gasteiger partial charge in [-0.2, -0.15) is 31.4 Å². The largest absolute Gasteiger partial charge is 0.438 e. The zero-order valence-electron chi connectivity index (χ0n) is 10.0. The van der Waals surface area contributed by atoms with Crippen LogP contribution in [0.5, 0.6) is 0 Å². The molecular formula is C11H3Cl2F7N2. The van der Waals surface area contributed by atoms with Gasteiger partial charge >= 0.3 is 12.4 Å². The van der Waals surface area contributed by atoms with Gasteiger partial charge in [0.2, 0.25) is 5.69 Å². The molecule has 0 radical (unpaired) electrons. The molecule has 0 atom stereocenters. The first-order valence-electron chi connectivity index (χ1n) is 5.30. The standard InChI is InChI=1S/C11H3Cl2F7N2/c12-5-1-4(10(15,16)17)2-6(13)8(5)22-3-7(14)9(21-22)11(18,19)20/h1-3H. The summed E-state index contributed by atoms with van der Waals surface area (Å²) >= 11 is 11.2. The van der Waals surface area contributed by atoms with Crippen molar-refractivity contribution in [2.45, 2.75) is 12.4 Å². The molecule has 0 amide bonds. The minimum absolute atomic E-state index is 0.323. The molecule has 0 N–H and O–H groups in total. The van der Waals surface area contributed by atoms with Crippen molar-refractivity contribution in [3.8, 4) is 5.69 Å². The van der Waals surface area contributed by atoms with Crippen molar-refractivity contribution in [2.24, 2.45) is 0 Å². The molecule has 1 heterocycles. The Morgan fingerprint density at radius 2 is 1.41 bits per heavy atom. The fraction of sp³-hybridized carbons (Fsp3) is 0.182. The Morgan fingerprint density at radius 1 is 0.909 bits per heavy atom. The number of rotatable bonds is 1. The number of alkyl halides is 6. The first kappa shape index (κ1) is 16.9. The van der Waals surface area contributed by atoms with E-state index in [0.29, 0.717) is 23.0 Å². The highest BCUT2D eigenvalue weighted by Crippen LogP contribution is 2.38. The van der Waals surface area contributed by atoms with Crippen LogP contribution in [0.4, 0.5) is 30.7 Å². The van der Waals surface area contributed by atoms with Gasteiger partial charge in [0.1, 0.15) is 5.69 Å². The Bertz CT molecular complexity index is 695. The molecule has 1 aromatic carbocycles. The van der Waals surface area contributed by atoms with Gasteiger partial charge < -0.3 is 0 Å². The first-order valence-corrected chi connectivity index (χ1v) is 6.06. The number of benzene rings is 1. The van der Waals surface area contributed by atoms with Crippen molar-refractivity contribution < 1.29 is 30.7 Å². The second kappa shape index (κ2) is 5.31. The SMILES string of the molecule is Fc1cn(-c2c(Cl)cc(C(F)(F)F)cc2Cl)nc1C(F)(F)F. The first-order chi connectivity index (χ1) is 9.91. The molecule has 0 bridgehead atoms. The third kappa shape index (κ3) is 3.14. The summed E-state index contributed by atoms with van der Waals surface area (Å²) in [5.74, 6) is -1.71. The second-order valence-electron chi connectivity index (χ2n) is 4.05. The highest BCUT2D eigenvalue weighted by atomic mass is 35.5. The van der Waals surface area contributed by atoms with E-state index < -0.39 is 45.2 Å². The summed E-state index contributed by atoms with van der Waals surface area (Å²) < 4.78 is 88.7. The van der Waals surface area contributed by atoms with Crippen molar-refractivity contribution in [3.63, 3.8) is 0 Å². The Morgan fingerprint density at radius 3 is 1.77 bits per heavy atom. The summed E-state index contributed by atoms with van der Waals surface area (Å²) in [7, 11) is 0. The van der Waals surface area contributed by atoms with E-state index in [4.69, 9.17) is 23.2 Å². The van der Waals surface area contributed by atoms with Crippen LogP contribution in [-0.4, -0.2) is 9.78 Å². The lowest BCUT2D eigenvalue weighted by Gasteiger charge is -2.12. The molecule has 2 rings (SSSR count). The van der Waals surface area contributed by atoms with E-state index in [1.165, 1.54) is 0 Å². The van der Waals surface area contributed by atoms with Crippen LogP contribution in [0.2, 0.25) is 10.0 Å². The number of aromatic nitrogens is 2. The minimum atomic E-state index is -5.07. The van der Waals surface area contributed by atoms with E-state index in [2.05, 4.69) is 5.10 Å². The third-order valence-electron chi connectivity index (χ3n) is 2.51. The zero-order chi connectivity index (χ0) is 16.9. The highest BCUT2D eigenvalue weighted by molar-refractivity contribution is 6.37. The highest BCUT2D eigenvalue weighted by Gasteiger charge is 2.38. The van der Waals surface area contributed by atoms with Gasteiger partial charge in [-0.15, -0.1) is 0 Å². The fourth-order valence-corrected chi connectivity index (χ4v) is 2.27. The lowest BCUT2D eigenvalue weighted by molar-refractivity contribution is -0.143. The lowest BCUT2D eigenvalue weighted by Crippen LogP contribution is -2.10. The van der Waals surface area contributed by atoms with Gasteiger partial charge in [0, 0.05) is 0 Å². The van der Waals surface area contributed by atoms with Crippen LogP contribution < -0.4 is 0 Å². The molecule has 0 aliphatic rings. The third-order valence-corrected chi connectivity index (χ3v) is 3.09. The molecule has 0 saturated heterocycles. The quantitative estimate of drug-likeness (QED) is 0.621. The molecule has 120 valence electrons. The summed E-state index contributed by atoms with van der Waals surface area (Å²) in [5.41, 5.74) is -3.53. The van der Waals surface area contributed by atoms with Crippen LogP contribution in [0, 0.1) is 5.82 Å². The molecule has 2 nitrogen and oxygen atoms in total. The molecule has 11 heteroatoms. The summed E-state index contributed by atoms with van der Waals surface area (Å²) in [6.45, 7) is 0. The Balaban J connectivity index is 2.60. The van der Waals surface area contributed by atoms with E-state index in [1.807, 2.05) is 0 Å². The summed E-state index contributed by atoms with van der Waals surface area (Å²) in [5, 5.41) is 1.67. The van der Waals surface area contributed by atoms with Crippen molar-refractivity contribution in [3.05, 3.63) is 45.4 Å². The molecular weight excluding hydrogens is 364 g/mol. The Labute approximate surface area is 128 Å². The molecule has 1 aromatic heterocycles. The normalized spacial score (nSPS) is 12.8. The monoisotopic (exact) mass is 366 g/mol. The van der Waals surface area contributed by atoms with Crippen LogP contribution in [0.25, 0.3) is 5.69 Å². The Hall–Kier alpha value is -1.48. The van der Waals surface area contributed by atoms with E-state index >= 15 is 0 Å². The van der Waals surface area contributed by atoms with Crippen molar-refractivity contribution in [1.29, 1.82) is 0 Å². The van der Waals surface area contributed by atoms with Crippen LogP contribution in [0.3, 0.4) is 0 Å². The van der Waals surface area contributed by atoms with Crippen LogP contribution in [-0.2, 0) is 12.4 Å². The van der Waals surface area contributed by atoms with Gasteiger partial charge in [-0.25, -0.2) is 9.07 Å². The van der Waals surface area contributed by atoms with Gasteiger partial charge in [0.25, 0.3) is 0 Å². The molecule has 0 unspecified atom stereocenters. The number of hydrogen-bond donors (Lipinski definition) is 0. The Kier molecular flexibility index (Phi) is 4.07. The topological polar surface area (TPSA) is 17.8 Å². The van der Waals surface area contributed by atoms with Crippen LogP contribution in [0.15, 0.2) is 18.3 Å². The van der Waals surface area contributed by atoms with Crippen LogP contribution >= 0.6 is 23.2 Å². The number of hydrogen-bond acceptors (Lipinski definition) is 1. The number of halogens is 9.